The molecule has 0 saturated heterocycles. The van der Waals surface area contributed by atoms with E-state index < -0.39 is 10.0 Å². The number of nitrogens with one attached hydrogen (secondary N) is 2. The molecule has 1 aromatic heterocycles. The molecule has 6 nitrogen and oxygen atoms in total. The Bertz CT molecular complexity index is 593. The predicted octanol–water partition coefficient (Wildman–Crippen LogP) is 0.934. The quantitative estimate of drug-likeness (QED) is 0.705. The fourth-order valence-electron chi connectivity index (χ4n) is 1.39. The fourth-order valence-corrected chi connectivity index (χ4v) is 2.58. The van der Waals surface area contributed by atoms with E-state index >= 15 is 0 Å². The van der Waals surface area contributed by atoms with E-state index in [1.807, 2.05) is 0 Å². The zero-order valence-corrected chi connectivity index (χ0v) is 9.74. The summed E-state index contributed by atoms with van der Waals surface area (Å²) < 4.78 is 26.0. The van der Waals surface area contributed by atoms with Crippen LogP contribution in [0.1, 0.15) is 5.56 Å². The number of rotatable bonds is 4. The zero-order chi connectivity index (χ0) is 12.3. The van der Waals surface area contributed by atoms with Crippen LogP contribution < -0.4 is 10.5 Å². The summed E-state index contributed by atoms with van der Waals surface area (Å²) in [5.41, 5.74) is 6.72. The SMILES string of the molecule is Nc1ccccc1CS(=O)(=O)Nc1ccn[nH]1. The van der Waals surface area contributed by atoms with Crippen LogP contribution in [0.3, 0.4) is 0 Å². The zero-order valence-electron chi connectivity index (χ0n) is 8.92. The van der Waals surface area contributed by atoms with Crippen LogP contribution >= 0.6 is 0 Å². The summed E-state index contributed by atoms with van der Waals surface area (Å²) in [5, 5.41) is 6.18. The number of nitrogens with two attached hydrogens (primary N) is 1. The molecule has 17 heavy (non-hydrogen) atoms. The van der Waals surface area contributed by atoms with Crippen LogP contribution in [-0.2, 0) is 15.8 Å². The van der Waals surface area contributed by atoms with Gasteiger partial charge in [0.15, 0.2) is 0 Å². The molecule has 0 spiro atoms. The van der Waals surface area contributed by atoms with Crippen LogP contribution in [0.5, 0.6) is 0 Å². The van der Waals surface area contributed by atoms with Gasteiger partial charge in [-0.15, -0.1) is 0 Å². The normalized spacial score (nSPS) is 11.3. The number of sulfonamides is 1. The predicted molar refractivity (Wildman–Crippen MR) is 65.7 cm³/mol. The molecule has 4 N–H and O–H groups in total. The van der Waals surface area contributed by atoms with Gasteiger partial charge in [0.2, 0.25) is 10.0 Å². The lowest BCUT2D eigenvalue weighted by atomic mass is 10.2. The van der Waals surface area contributed by atoms with Gasteiger partial charge in [-0.25, -0.2) is 8.42 Å². The van der Waals surface area contributed by atoms with E-state index in [9.17, 15) is 8.42 Å². The average molecular weight is 252 g/mol. The van der Waals surface area contributed by atoms with E-state index in [2.05, 4.69) is 14.9 Å². The van der Waals surface area contributed by atoms with E-state index in [4.69, 9.17) is 5.73 Å². The third kappa shape index (κ3) is 2.97. The number of aromatic amines is 1. The van der Waals surface area contributed by atoms with Gasteiger partial charge in [-0.05, 0) is 11.6 Å². The number of H-pyrrole nitrogens is 1. The number of hydrogen-bond acceptors (Lipinski definition) is 4. The summed E-state index contributed by atoms with van der Waals surface area (Å²) >= 11 is 0. The van der Waals surface area contributed by atoms with Gasteiger partial charge in [0.25, 0.3) is 0 Å². The topological polar surface area (TPSA) is 101 Å². The molecule has 0 aliphatic rings. The van der Waals surface area contributed by atoms with Gasteiger partial charge in [0.05, 0.1) is 11.9 Å². The second kappa shape index (κ2) is 4.46. The number of anilines is 2. The lowest BCUT2D eigenvalue weighted by Gasteiger charge is -2.07. The maximum absolute atomic E-state index is 11.8. The number of nitrogen functional groups attached to an aromatic ring is 1. The fraction of sp³-hybridized carbons (Fsp3) is 0.100. The van der Waals surface area contributed by atoms with Crippen molar-refractivity contribution in [3.8, 4) is 0 Å². The molecule has 2 rings (SSSR count). The van der Waals surface area contributed by atoms with Gasteiger partial charge in [-0.1, -0.05) is 18.2 Å². The second-order valence-corrected chi connectivity index (χ2v) is 5.25. The van der Waals surface area contributed by atoms with Crippen LogP contribution in [0, 0.1) is 0 Å². The summed E-state index contributed by atoms with van der Waals surface area (Å²) in [5.74, 6) is 0.165. The van der Waals surface area contributed by atoms with E-state index in [1.165, 1.54) is 12.3 Å². The van der Waals surface area contributed by atoms with Crippen LogP contribution in [-0.4, -0.2) is 18.6 Å². The molecule has 0 saturated carbocycles. The molecular weight excluding hydrogens is 240 g/mol. The van der Waals surface area contributed by atoms with Crippen molar-refractivity contribution in [3.05, 3.63) is 42.1 Å². The van der Waals surface area contributed by atoms with Crippen molar-refractivity contribution in [2.24, 2.45) is 0 Å². The lowest BCUT2D eigenvalue weighted by Crippen LogP contribution is -2.16. The molecule has 0 radical (unpaired) electrons. The summed E-state index contributed by atoms with van der Waals surface area (Å²) in [6, 6.07) is 8.39. The summed E-state index contributed by atoms with van der Waals surface area (Å²) in [6.07, 6.45) is 1.47. The first kappa shape index (κ1) is 11.5. The minimum absolute atomic E-state index is 0.168. The Morgan fingerprint density at radius 2 is 2.06 bits per heavy atom. The van der Waals surface area contributed by atoms with E-state index in [-0.39, 0.29) is 5.75 Å². The monoisotopic (exact) mass is 252 g/mol. The van der Waals surface area contributed by atoms with Crippen molar-refractivity contribution in [1.82, 2.24) is 10.2 Å². The van der Waals surface area contributed by atoms with Gasteiger partial charge in [0.1, 0.15) is 5.82 Å². The molecule has 0 aliphatic carbocycles. The van der Waals surface area contributed by atoms with Crippen molar-refractivity contribution >= 4 is 21.5 Å². The number of hydrogen-bond donors (Lipinski definition) is 3. The first-order valence-electron chi connectivity index (χ1n) is 4.90. The van der Waals surface area contributed by atoms with Gasteiger partial charge < -0.3 is 5.73 Å². The Morgan fingerprint density at radius 1 is 1.29 bits per heavy atom. The smallest absolute Gasteiger partial charge is 0.238 e. The lowest BCUT2D eigenvalue weighted by molar-refractivity contribution is 0.600. The Hall–Kier alpha value is -2.02. The molecule has 0 aliphatic heterocycles. The van der Waals surface area contributed by atoms with Crippen LogP contribution in [0.25, 0.3) is 0 Å². The highest BCUT2D eigenvalue weighted by atomic mass is 32.2. The molecule has 0 atom stereocenters. The second-order valence-electron chi connectivity index (χ2n) is 3.53. The van der Waals surface area contributed by atoms with Gasteiger partial charge in [-0.2, -0.15) is 5.10 Å². The third-order valence-electron chi connectivity index (χ3n) is 2.17. The highest BCUT2D eigenvalue weighted by Gasteiger charge is 2.13. The largest absolute Gasteiger partial charge is 0.398 e. The highest BCUT2D eigenvalue weighted by molar-refractivity contribution is 7.91. The van der Waals surface area contributed by atoms with Crippen molar-refractivity contribution in [2.45, 2.75) is 5.75 Å². The van der Waals surface area contributed by atoms with Crippen molar-refractivity contribution in [2.75, 3.05) is 10.5 Å². The summed E-state index contributed by atoms with van der Waals surface area (Å²) in [6.45, 7) is 0. The highest BCUT2D eigenvalue weighted by Crippen LogP contribution is 2.15. The molecule has 0 fully saturated rings. The molecule has 90 valence electrons. The minimum Gasteiger partial charge on any atom is -0.398 e. The average Bonchev–Trinajstić information content (AvgIpc) is 2.73. The first-order chi connectivity index (χ1) is 8.07. The molecule has 7 heteroatoms. The number of nitrogens with zero attached hydrogens (tertiary/aromatic N) is 1. The molecule has 1 heterocycles. The maximum atomic E-state index is 11.8. The van der Waals surface area contributed by atoms with Gasteiger partial charge in [-0.3, -0.25) is 9.82 Å². The molecule has 0 amide bonds. The molecular formula is C10H12N4O2S. The molecule has 0 bridgehead atoms. The standard InChI is InChI=1S/C10H12N4O2S/c11-9-4-2-1-3-8(9)7-17(15,16)14-10-5-6-12-13-10/h1-6H,7,11H2,(H2,12,13,14). The Balaban J connectivity index is 2.16. The number of para-hydroxylation sites is 1. The number of aromatic nitrogens is 2. The van der Waals surface area contributed by atoms with Crippen LogP contribution in [0.15, 0.2) is 36.5 Å². The van der Waals surface area contributed by atoms with Gasteiger partial charge in [0, 0.05) is 11.8 Å². The summed E-state index contributed by atoms with van der Waals surface area (Å²) in [4.78, 5) is 0. The van der Waals surface area contributed by atoms with Crippen molar-refractivity contribution in [3.63, 3.8) is 0 Å². The van der Waals surface area contributed by atoms with Crippen LogP contribution in [0.2, 0.25) is 0 Å². The van der Waals surface area contributed by atoms with Crippen LogP contribution in [0.4, 0.5) is 11.5 Å². The number of benzene rings is 1. The van der Waals surface area contributed by atoms with E-state index in [0.29, 0.717) is 17.1 Å². The Morgan fingerprint density at radius 3 is 2.71 bits per heavy atom. The van der Waals surface area contributed by atoms with Crippen molar-refractivity contribution < 1.29 is 8.42 Å². The summed E-state index contributed by atoms with van der Waals surface area (Å²) in [7, 11) is -3.48. The molecule has 0 unspecified atom stereocenters. The minimum atomic E-state index is -3.48. The first-order valence-corrected chi connectivity index (χ1v) is 6.55. The van der Waals surface area contributed by atoms with E-state index in [0.717, 1.165) is 0 Å². The Kier molecular flexibility index (Phi) is 3.01. The molecule has 2 aromatic rings. The third-order valence-corrected chi connectivity index (χ3v) is 3.39. The van der Waals surface area contributed by atoms with Crippen molar-refractivity contribution in [1.29, 1.82) is 0 Å². The van der Waals surface area contributed by atoms with Gasteiger partial charge >= 0.3 is 0 Å². The Labute approximate surface area is 98.9 Å². The molecule has 1 aromatic carbocycles. The van der Waals surface area contributed by atoms with E-state index in [1.54, 1.807) is 24.3 Å². The maximum Gasteiger partial charge on any atom is 0.238 e.